The molecule has 1 saturated carbocycles. The Morgan fingerprint density at radius 1 is 1.10 bits per heavy atom. The van der Waals surface area contributed by atoms with Crippen molar-refractivity contribution >= 4 is 29.1 Å². The fourth-order valence-electron chi connectivity index (χ4n) is 4.00. The first-order chi connectivity index (χ1) is 15.0. The molecule has 2 N–H and O–H groups in total. The van der Waals surface area contributed by atoms with Crippen LogP contribution in [0.25, 0.3) is 0 Å². The number of nitrogens with one attached hydrogen (secondary N) is 2. The number of rotatable bonds is 7. The molecule has 2 aliphatic rings. The maximum atomic E-state index is 13.0. The molecule has 0 spiro atoms. The predicted molar refractivity (Wildman–Crippen MR) is 121 cm³/mol. The molecule has 2 unspecified atom stereocenters. The molecule has 2 fully saturated rings. The Labute approximate surface area is 183 Å². The Bertz CT molecular complexity index is 999. The molecule has 2 aromatic carbocycles. The molecular formula is C25H29N3O3. The van der Waals surface area contributed by atoms with Gasteiger partial charge in [-0.25, -0.2) is 0 Å². The highest BCUT2D eigenvalue weighted by molar-refractivity contribution is 6.07. The topological polar surface area (TPSA) is 78.5 Å². The third-order valence-corrected chi connectivity index (χ3v) is 6.21. The van der Waals surface area contributed by atoms with Crippen molar-refractivity contribution in [3.8, 4) is 0 Å². The highest BCUT2D eigenvalue weighted by atomic mass is 16.2. The molecule has 0 aromatic heterocycles. The lowest BCUT2D eigenvalue weighted by atomic mass is 9.96. The van der Waals surface area contributed by atoms with Crippen molar-refractivity contribution in [3.63, 3.8) is 0 Å². The average molecular weight is 420 g/mol. The van der Waals surface area contributed by atoms with Crippen LogP contribution in [0.15, 0.2) is 48.5 Å². The van der Waals surface area contributed by atoms with Crippen LogP contribution in [-0.4, -0.2) is 30.3 Å². The van der Waals surface area contributed by atoms with E-state index in [1.165, 1.54) is 0 Å². The smallest absolute Gasteiger partial charge is 0.253 e. The number of carbonyl (C=O) groups is 3. The number of hydrogen-bond acceptors (Lipinski definition) is 3. The van der Waals surface area contributed by atoms with Crippen LogP contribution >= 0.6 is 0 Å². The van der Waals surface area contributed by atoms with Gasteiger partial charge >= 0.3 is 0 Å². The number of nitrogens with zero attached hydrogens (tertiary/aromatic N) is 1. The predicted octanol–water partition coefficient (Wildman–Crippen LogP) is 4.08. The summed E-state index contributed by atoms with van der Waals surface area (Å²) in [6.45, 7) is 4.61. The van der Waals surface area contributed by atoms with E-state index in [-0.39, 0.29) is 30.2 Å². The maximum absolute atomic E-state index is 13.0. The largest absolute Gasteiger partial charge is 0.349 e. The molecule has 3 amide bonds. The Hall–Kier alpha value is -3.15. The van der Waals surface area contributed by atoms with Gasteiger partial charge in [0.2, 0.25) is 11.8 Å². The number of anilines is 2. The van der Waals surface area contributed by atoms with Gasteiger partial charge in [0.15, 0.2) is 0 Å². The monoisotopic (exact) mass is 419 g/mol. The van der Waals surface area contributed by atoms with Crippen molar-refractivity contribution in [2.45, 2.75) is 51.5 Å². The van der Waals surface area contributed by atoms with Crippen LogP contribution in [0.1, 0.15) is 61.4 Å². The van der Waals surface area contributed by atoms with Gasteiger partial charge in [-0.2, -0.15) is 0 Å². The van der Waals surface area contributed by atoms with Gasteiger partial charge in [-0.15, -0.1) is 0 Å². The minimum Gasteiger partial charge on any atom is -0.349 e. The lowest BCUT2D eigenvalue weighted by Crippen LogP contribution is -2.30. The molecule has 0 bridgehead atoms. The van der Waals surface area contributed by atoms with E-state index in [1.807, 2.05) is 18.2 Å². The summed E-state index contributed by atoms with van der Waals surface area (Å²) < 4.78 is 0. The standard InChI is InChI=1S/C25H29N3O3/c1-3-16(2)19-8-5-7-11-22(19)28-15-17(14-23(28)29)24(30)27-21-10-6-4-9-20(21)25(31)26-18-12-13-18/h4-11,16-18H,3,12-15H2,1-2H3,(H,26,31)(H,27,30). The first-order valence-electron chi connectivity index (χ1n) is 11.1. The first-order valence-corrected chi connectivity index (χ1v) is 11.1. The Balaban J connectivity index is 1.48. The SMILES string of the molecule is CCC(C)c1ccccc1N1CC(C(=O)Nc2ccccc2C(=O)NC2CC2)CC1=O. The van der Waals surface area contributed by atoms with Gasteiger partial charge in [0, 0.05) is 24.7 Å². The fraction of sp³-hybridized carbons (Fsp3) is 0.400. The quantitative estimate of drug-likeness (QED) is 0.710. The third kappa shape index (κ3) is 4.63. The average Bonchev–Trinajstić information content (AvgIpc) is 3.51. The molecule has 2 aromatic rings. The summed E-state index contributed by atoms with van der Waals surface area (Å²) in [7, 11) is 0. The summed E-state index contributed by atoms with van der Waals surface area (Å²) in [6, 6.07) is 15.2. The summed E-state index contributed by atoms with van der Waals surface area (Å²) >= 11 is 0. The van der Waals surface area contributed by atoms with Crippen LogP contribution in [0.5, 0.6) is 0 Å². The number of amides is 3. The summed E-state index contributed by atoms with van der Waals surface area (Å²) in [5.41, 5.74) is 2.95. The zero-order valence-corrected chi connectivity index (χ0v) is 18.1. The van der Waals surface area contributed by atoms with Crippen molar-refractivity contribution in [2.75, 3.05) is 16.8 Å². The molecule has 1 aliphatic heterocycles. The van der Waals surface area contributed by atoms with Crippen molar-refractivity contribution in [1.29, 1.82) is 0 Å². The number of carbonyl (C=O) groups excluding carboxylic acids is 3. The molecule has 6 nitrogen and oxygen atoms in total. The van der Waals surface area contributed by atoms with Gasteiger partial charge < -0.3 is 15.5 Å². The minimum atomic E-state index is -0.461. The lowest BCUT2D eigenvalue weighted by Gasteiger charge is -2.23. The molecule has 31 heavy (non-hydrogen) atoms. The highest BCUT2D eigenvalue weighted by Crippen LogP contribution is 2.34. The lowest BCUT2D eigenvalue weighted by molar-refractivity contribution is -0.122. The molecule has 4 rings (SSSR count). The van der Waals surface area contributed by atoms with Crippen LogP contribution in [0.4, 0.5) is 11.4 Å². The van der Waals surface area contributed by atoms with Gasteiger partial charge in [-0.1, -0.05) is 44.2 Å². The van der Waals surface area contributed by atoms with E-state index in [0.29, 0.717) is 23.7 Å². The molecule has 2 atom stereocenters. The van der Waals surface area contributed by atoms with E-state index in [0.717, 1.165) is 30.5 Å². The summed E-state index contributed by atoms with van der Waals surface area (Å²) in [6.07, 6.45) is 3.14. The zero-order valence-electron chi connectivity index (χ0n) is 18.1. The summed E-state index contributed by atoms with van der Waals surface area (Å²) in [5.74, 6) is -0.588. The Kier molecular flexibility index (Phi) is 6.07. The molecule has 1 aliphatic carbocycles. The van der Waals surface area contributed by atoms with E-state index in [1.54, 1.807) is 29.2 Å². The molecular weight excluding hydrogens is 390 g/mol. The number of benzene rings is 2. The van der Waals surface area contributed by atoms with E-state index in [2.05, 4.69) is 30.5 Å². The van der Waals surface area contributed by atoms with Gasteiger partial charge in [-0.3, -0.25) is 14.4 Å². The molecule has 6 heteroatoms. The van der Waals surface area contributed by atoms with E-state index in [9.17, 15) is 14.4 Å². The second-order valence-corrected chi connectivity index (χ2v) is 8.56. The first kappa shape index (κ1) is 21.1. The number of para-hydroxylation sites is 2. The van der Waals surface area contributed by atoms with Gasteiger partial charge in [-0.05, 0) is 48.9 Å². The van der Waals surface area contributed by atoms with Crippen LogP contribution in [0, 0.1) is 5.92 Å². The normalized spacial score (nSPS) is 19.2. The summed E-state index contributed by atoms with van der Waals surface area (Å²) in [4.78, 5) is 40.0. The van der Waals surface area contributed by atoms with Gasteiger partial charge in [0.05, 0.1) is 17.2 Å². The molecule has 1 saturated heterocycles. The maximum Gasteiger partial charge on any atom is 0.253 e. The highest BCUT2D eigenvalue weighted by Gasteiger charge is 2.36. The van der Waals surface area contributed by atoms with Crippen molar-refractivity contribution in [3.05, 3.63) is 59.7 Å². The summed E-state index contributed by atoms with van der Waals surface area (Å²) in [5, 5.41) is 5.85. The zero-order chi connectivity index (χ0) is 22.0. The Morgan fingerprint density at radius 2 is 1.81 bits per heavy atom. The van der Waals surface area contributed by atoms with Crippen LogP contribution in [0.2, 0.25) is 0 Å². The molecule has 1 heterocycles. The van der Waals surface area contributed by atoms with E-state index >= 15 is 0 Å². The van der Waals surface area contributed by atoms with Crippen molar-refractivity contribution in [1.82, 2.24) is 5.32 Å². The number of hydrogen-bond donors (Lipinski definition) is 2. The van der Waals surface area contributed by atoms with Crippen LogP contribution in [-0.2, 0) is 9.59 Å². The Morgan fingerprint density at radius 3 is 2.55 bits per heavy atom. The van der Waals surface area contributed by atoms with E-state index < -0.39 is 5.92 Å². The minimum absolute atomic E-state index is 0.0457. The second kappa shape index (κ2) is 8.92. The second-order valence-electron chi connectivity index (χ2n) is 8.56. The third-order valence-electron chi connectivity index (χ3n) is 6.21. The molecule has 0 radical (unpaired) electrons. The van der Waals surface area contributed by atoms with Crippen molar-refractivity contribution < 1.29 is 14.4 Å². The van der Waals surface area contributed by atoms with Gasteiger partial charge in [0.1, 0.15) is 0 Å². The van der Waals surface area contributed by atoms with Crippen LogP contribution < -0.4 is 15.5 Å². The van der Waals surface area contributed by atoms with Crippen LogP contribution in [0.3, 0.4) is 0 Å². The van der Waals surface area contributed by atoms with Crippen molar-refractivity contribution in [2.24, 2.45) is 5.92 Å². The fourth-order valence-corrected chi connectivity index (χ4v) is 4.00. The van der Waals surface area contributed by atoms with E-state index in [4.69, 9.17) is 0 Å². The van der Waals surface area contributed by atoms with Gasteiger partial charge in [0.25, 0.3) is 5.91 Å². The molecule has 162 valence electrons.